The lowest BCUT2D eigenvalue weighted by Gasteiger charge is -2.27. The maximum absolute atomic E-state index is 12.6. The van der Waals surface area contributed by atoms with Crippen molar-refractivity contribution in [1.82, 2.24) is 5.32 Å². The SMILES string of the molecule is CCCCCCCCCCCC/C=C/CC/C=C/CCCC(O)C(O)C(CO)NC(=O)C(O)CCCCCCCCCC/C=C\CCCCCCCCCCCCCC. The van der Waals surface area contributed by atoms with Crippen molar-refractivity contribution in [1.29, 1.82) is 0 Å². The number of nitrogens with one attached hydrogen (secondary N) is 1. The molecule has 0 saturated carbocycles. The molecule has 4 atom stereocenters. The Hall–Kier alpha value is -1.47. The standard InChI is InChI=1S/C53H101NO5/c1-3-5-7-9-11-13-15-17-19-21-23-24-25-26-27-29-31-33-35-37-39-41-43-45-47-51(57)53(59)54-49(48-55)52(58)50(56)46-44-42-40-38-36-34-32-30-28-22-20-18-16-14-12-10-8-6-4-2/h26-27,30,32,38,40,49-52,55-58H,3-25,28-29,31,33-37,39,41-48H2,1-2H3,(H,54,59)/b27-26-,32-30+,40-38+. The summed E-state index contributed by atoms with van der Waals surface area (Å²) in [6.07, 6.45) is 57.7. The molecule has 348 valence electrons. The normalized spacial score (nSPS) is 14.2. The zero-order valence-electron chi connectivity index (χ0n) is 39.3. The Morgan fingerprint density at radius 1 is 0.407 bits per heavy atom. The summed E-state index contributed by atoms with van der Waals surface area (Å²) in [5.41, 5.74) is 0. The van der Waals surface area contributed by atoms with Crippen LogP contribution in [0.3, 0.4) is 0 Å². The first-order valence-electron chi connectivity index (χ1n) is 25.9. The lowest BCUT2D eigenvalue weighted by Crippen LogP contribution is -2.53. The van der Waals surface area contributed by atoms with Crippen LogP contribution in [0.2, 0.25) is 0 Å². The summed E-state index contributed by atoms with van der Waals surface area (Å²) in [6, 6.07) is -1.01. The Labute approximate surface area is 367 Å². The minimum atomic E-state index is -1.29. The van der Waals surface area contributed by atoms with Crippen LogP contribution in [-0.4, -0.2) is 57.3 Å². The molecule has 0 spiro atoms. The molecule has 0 aliphatic rings. The second kappa shape index (κ2) is 47.6. The van der Waals surface area contributed by atoms with Gasteiger partial charge >= 0.3 is 0 Å². The van der Waals surface area contributed by atoms with Gasteiger partial charge in [0.05, 0.1) is 18.8 Å². The molecule has 5 N–H and O–H groups in total. The van der Waals surface area contributed by atoms with Crippen LogP contribution in [-0.2, 0) is 4.79 Å². The Morgan fingerprint density at radius 2 is 0.712 bits per heavy atom. The Bertz CT molecular complexity index is 935. The zero-order valence-corrected chi connectivity index (χ0v) is 39.3. The van der Waals surface area contributed by atoms with E-state index in [0.29, 0.717) is 19.3 Å². The highest BCUT2D eigenvalue weighted by atomic mass is 16.3. The van der Waals surface area contributed by atoms with Gasteiger partial charge in [-0.1, -0.05) is 224 Å². The van der Waals surface area contributed by atoms with E-state index in [0.717, 1.165) is 38.5 Å². The summed E-state index contributed by atoms with van der Waals surface area (Å²) in [5, 5.41) is 43.8. The Kier molecular flexibility index (Phi) is 46.4. The van der Waals surface area contributed by atoms with Gasteiger partial charge in [-0.2, -0.15) is 0 Å². The molecular weight excluding hydrogens is 731 g/mol. The van der Waals surface area contributed by atoms with Gasteiger partial charge in [0.2, 0.25) is 5.91 Å². The number of amides is 1. The maximum Gasteiger partial charge on any atom is 0.249 e. The fourth-order valence-corrected chi connectivity index (χ4v) is 7.95. The summed E-state index contributed by atoms with van der Waals surface area (Å²) in [6.45, 7) is 4.06. The van der Waals surface area contributed by atoms with Gasteiger partial charge in [0.1, 0.15) is 12.2 Å². The molecule has 0 heterocycles. The van der Waals surface area contributed by atoms with Crippen molar-refractivity contribution >= 4 is 5.91 Å². The molecule has 0 aromatic carbocycles. The summed E-state index contributed by atoms with van der Waals surface area (Å²) >= 11 is 0. The molecule has 0 aliphatic carbocycles. The zero-order chi connectivity index (χ0) is 43.1. The molecule has 0 saturated heterocycles. The highest BCUT2D eigenvalue weighted by Crippen LogP contribution is 2.16. The molecule has 0 aromatic heterocycles. The molecule has 4 unspecified atom stereocenters. The number of unbranched alkanes of at least 4 members (excludes halogenated alkanes) is 32. The van der Waals surface area contributed by atoms with Gasteiger partial charge in [0.15, 0.2) is 0 Å². The molecule has 6 heteroatoms. The van der Waals surface area contributed by atoms with Gasteiger partial charge in [-0.25, -0.2) is 0 Å². The maximum atomic E-state index is 12.6. The summed E-state index contributed by atoms with van der Waals surface area (Å²) in [5.74, 6) is -0.598. The van der Waals surface area contributed by atoms with Crippen molar-refractivity contribution in [3.63, 3.8) is 0 Å². The van der Waals surface area contributed by atoms with Gasteiger partial charge in [-0.05, 0) is 77.0 Å². The van der Waals surface area contributed by atoms with E-state index in [1.54, 1.807) is 0 Å². The lowest BCUT2D eigenvalue weighted by molar-refractivity contribution is -0.132. The summed E-state index contributed by atoms with van der Waals surface area (Å²) in [4.78, 5) is 12.6. The van der Waals surface area contributed by atoms with Crippen LogP contribution in [0.4, 0.5) is 0 Å². The van der Waals surface area contributed by atoms with E-state index in [1.165, 1.54) is 193 Å². The number of carbonyl (C=O) groups is 1. The van der Waals surface area contributed by atoms with Crippen molar-refractivity contribution in [2.24, 2.45) is 0 Å². The molecule has 59 heavy (non-hydrogen) atoms. The van der Waals surface area contributed by atoms with E-state index < -0.39 is 36.9 Å². The van der Waals surface area contributed by atoms with Gasteiger partial charge in [-0.3, -0.25) is 4.79 Å². The molecule has 0 aliphatic heterocycles. The molecule has 6 nitrogen and oxygen atoms in total. The topological polar surface area (TPSA) is 110 Å². The monoisotopic (exact) mass is 832 g/mol. The fourth-order valence-electron chi connectivity index (χ4n) is 7.95. The lowest BCUT2D eigenvalue weighted by atomic mass is 10.00. The van der Waals surface area contributed by atoms with E-state index in [1.807, 2.05) is 0 Å². The van der Waals surface area contributed by atoms with Gasteiger partial charge in [0.25, 0.3) is 0 Å². The van der Waals surface area contributed by atoms with Gasteiger partial charge < -0.3 is 25.7 Å². The minimum Gasteiger partial charge on any atom is -0.394 e. The van der Waals surface area contributed by atoms with E-state index in [-0.39, 0.29) is 0 Å². The van der Waals surface area contributed by atoms with E-state index in [4.69, 9.17) is 0 Å². The summed E-state index contributed by atoms with van der Waals surface area (Å²) in [7, 11) is 0. The van der Waals surface area contributed by atoms with Crippen LogP contribution < -0.4 is 5.32 Å². The molecule has 0 aromatic rings. The first kappa shape index (κ1) is 57.5. The van der Waals surface area contributed by atoms with Crippen molar-refractivity contribution < 1.29 is 25.2 Å². The van der Waals surface area contributed by atoms with Gasteiger partial charge in [0, 0.05) is 0 Å². The van der Waals surface area contributed by atoms with Crippen molar-refractivity contribution in [3.8, 4) is 0 Å². The Morgan fingerprint density at radius 3 is 1.07 bits per heavy atom. The highest BCUT2D eigenvalue weighted by molar-refractivity contribution is 5.80. The minimum absolute atomic E-state index is 0.357. The third kappa shape index (κ3) is 41.6. The molecule has 0 radical (unpaired) electrons. The van der Waals surface area contributed by atoms with Crippen LogP contribution in [0.25, 0.3) is 0 Å². The predicted octanol–water partition coefficient (Wildman–Crippen LogP) is 14.5. The number of aliphatic hydroxyl groups is 4. The van der Waals surface area contributed by atoms with E-state index in [9.17, 15) is 25.2 Å². The molecule has 1 amide bonds. The average Bonchev–Trinajstić information content (AvgIpc) is 3.24. The second-order valence-corrected chi connectivity index (χ2v) is 17.8. The summed E-state index contributed by atoms with van der Waals surface area (Å²) < 4.78 is 0. The van der Waals surface area contributed by atoms with E-state index in [2.05, 4.69) is 55.6 Å². The third-order valence-electron chi connectivity index (χ3n) is 12.1. The Balaban J connectivity index is 3.72. The van der Waals surface area contributed by atoms with Crippen LogP contribution >= 0.6 is 0 Å². The van der Waals surface area contributed by atoms with Crippen LogP contribution in [0.5, 0.6) is 0 Å². The first-order valence-corrected chi connectivity index (χ1v) is 25.9. The number of aliphatic hydroxyl groups excluding tert-OH is 4. The number of carbonyl (C=O) groups excluding carboxylic acids is 1. The average molecular weight is 832 g/mol. The largest absolute Gasteiger partial charge is 0.394 e. The third-order valence-corrected chi connectivity index (χ3v) is 12.1. The van der Waals surface area contributed by atoms with Crippen LogP contribution in [0.1, 0.15) is 264 Å². The number of rotatable bonds is 47. The molecule has 0 fully saturated rings. The van der Waals surface area contributed by atoms with Crippen LogP contribution in [0.15, 0.2) is 36.5 Å². The quantitative estimate of drug-likeness (QED) is 0.0310. The predicted molar refractivity (Wildman–Crippen MR) is 256 cm³/mol. The molecular formula is C53H101NO5. The van der Waals surface area contributed by atoms with Crippen molar-refractivity contribution in [3.05, 3.63) is 36.5 Å². The smallest absolute Gasteiger partial charge is 0.249 e. The fraction of sp³-hybridized carbons (Fsp3) is 0.868. The van der Waals surface area contributed by atoms with Crippen molar-refractivity contribution in [2.45, 2.75) is 289 Å². The van der Waals surface area contributed by atoms with Crippen molar-refractivity contribution in [2.75, 3.05) is 6.61 Å². The number of hydrogen-bond donors (Lipinski definition) is 5. The first-order chi connectivity index (χ1) is 29.0. The second-order valence-electron chi connectivity index (χ2n) is 17.8. The highest BCUT2D eigenvalue weighted by Gasteiger charge is 2.28. The van der Waals surface area contributed by atoms with Crippen LogP contribution in [0, 0.1) is 0 Å². The molecule has 0 rings (SSSR count). The number of hydrogen-bond acceptors (Lipinski definition) is 5. The number of allylic oxidation sites excluding steroid dienone is 6. The van der Waals surface area contributed by atoms with Gasteiger partial charge in [-0.15, -0.1) is 0 Å². The molecule has 0 bridgehead atoms. The van der Waals surface area contributed by atoms with E-state index >= 15 is 0 Å².